The lowest BCUT2D eigenvalue weighted by atomic mass is 9.98. The molecule has 3 heterocycles. The van der Waals surface area contributed by atoms with Gasteiger partial charge in [0.2, 0.25) is 0 Å². The first-order valence-corrected chi connectivity index (χ1v) is 15.6. The summed E-state index contributed by atoms with van der Waals surface area (Å²) in [5.74, 6) is 0. The number of rotatable bonds is 5. The zero-order chi connectivity index (χ0) is 30.6. The molecular weight excluding hydrogens is 586 g/mol. The number of nitrogens with zero attached hydrogens (tertiary/aromatic N) is 3. The van der Waals surface area contributed by atoms with Crippen LogP contribution in [0.1, 0.15) is 0 Å². The Balaban J connectivity index is 1.39. The van der Waals surface area contributed by atoms with Gasteiger partial charge < -0.3 is 13.9 Å². The van der Waals surface area contributed by atoms with E-state index in [-0.39, 0.29) is 0 Å². The monoisotopic (exact) mass is 611 g/mol. The molecule has 0 aliphatic rings. The minimum atomic E-state index is 0.641. The van der Waals surface area contributed by atoms with Gasteiger partial charge >= 0.3 is 0 Å². The first-order chi connectivity index (χ1) is 22.7. The number of pyridine rings is 1. The molecule has 0 fully saturated rings. The number of fused-ring (bicyclic) bond motifs is 7. The Morgan fingerprint density at radius 2 is 1.28 bits per heavy atom. The number of halogens is 1. The highest BCUT2D eigenvalue weighted by molar-refractivity contribution is 6.32. The molecule has 46 heavy (non-hydrogen) atoms. The molecule has 0 spiro atoms. The molecule has 0 aliphatic carbocycles. The molecule has 6 aromatic carbocycles. The molecule has 4 nitrogen and oxygen atoms in total. The summed E-state index contributed by atoms with van der Waals surface area (Å²) in [6.45, 7) is 0. The Labute approximate surface area is 270 Å². The van der Waals surface area contributed by atoms with Crippen molar-refractivity contribution in [2.24, 2.45) is 0 Å². The zero-order valence-corrected chi connectivity index (χ0v) is 25.4. The van der Waals surface area contributed by atoms with Crippen LogP contribution in [0, 0.1) is 0 Å². The molecule has 0 N–H and O–H groups in total. The van der Waals surface area contributed by atoms with E-state index < -0.39 is 0 Å². The highest BCUT2D eigenvalue weighted by Crippen LogP contribution is 2.46. The van der Waals surface area contributed by atoms with Crippen molar-refractivity contribution in [3.05, 3.63) is 163 Å². The number of para-hydroxylation sites is 4. The van der Waals surface area contributed by atoms with E-state index in [2.05, 4.69) is 124 Å². The van der Waals surface area contributed by atoms with E-state index in [0.29, 0.717) is 5.02 Å². The summed E-state index contributed by atoms with van der Waals surface area (Å²) in [6, 6.07) is 50.3. The molecular formula is C41H26ClN3O. The second-order valence-electron chi connectivity index (χ2n) is 11.4. The molecule has 0 aliphatic heterocycles. The van der Waals surface area contributed by atoms with Gasteiger partial charge in [0, 0.05) is 61.9 Å². The van der Waals surface area contributed by atoms with Crippen LogP contribution in [0.4, 0.5) is 17.1 Å². The predicted octanol–water partition coefficient (Wildman–Crippen LogP) is 11.9. The van der Waals surface area contributed by atoms with Gasteiger partial charge in [-0.15, -0.1) is 0 Å². The van der Waals surface area contributed by atoms with Gasteiger partial charge in [0.1, 0.15) is 11.2 Å². The third-order valence-electron chi connectivity index (χ3n) is 8.67. The standard InChI is InChI=1S/C41H26ClN3O/c42-28-22-27(23-32(24-28)44(29-12-4-1-5-13-29)30-14-6-2-7-15-30)34-25-35-33-18-10-11-19-37(33)45(31-16-8-3-9-17-31)40(35)39-36-26-43-21-20-38(36)46-41(34)39/h1-26H. The quantitative estimate of drug-likeness (QED) is 0.194. The topological polar surface area (TPSA) is 34.2 Å². The Bertz CT molecular complexity index is 2500. The average molecular weight is 612 g/mol. The van der Waals surface area contributed by atoms with Crippen molar-refractivity contribution in [2.75, 3.05) is 4.90 Å². The molecule has 0 saturated carbocycles. The van der Waals surface area contributed by atoms with Crippen molar-refractivity contribution in [3.8, 4) is 16.8 Å². The van der Waals surface area contributed by atoms with E-state index in [1.807, 2.05) is 42.6 Å². The van der Waals surface area contributed by atoms with Crippen molar-refractivity contribution in [1.82, 2.24) is 9.55 Å². The highest BCUT2D eigenvalue weighted by Gasteiger charge is 2.23. The third kappa shape index (κ3) is 4.19. The van der Waals surface area contributed by atoms with Gasteiger partial charge in [-0.1, -0.05) is 84.4 Å². The number of anilines is 3. The maximum atomic E-state index is 6.97. The van der Waals surface area contributed by atoms with Gasteiger partial charge in [-0.2, -0.15) is 0 Å². The summed E-state index contributed by atoms with van der Waals surface area (Å²) < 4.78 is 9.07. The highest BCUT2D eigenvalue weighted by atomic mass is 35.5. The van der Waals surface area contributed by atoms with Crippen LogP contribution in [-0.4, -0.2) is 9.55 Å². The number of aromatic nitrogens is 2. The van der Waals surface area contributed by atoms with Gasteiger partial charge in [-0.05, 0) is 78.4 Å². The normalized spacial score (nSPS) is 11.6. The van der Waals surface area contributed by atoms with Crippen molar-refractivity contribution in [3.63, 3.8) is 0 Å². The average Bonchev–Trinajstić information content (AvgIpc) is 3.65. The second kappa shape index (κ2) is 10.7. The van der Waals surface area contributed by atoms with Crippen molar-refractivity contribution in [2.45, 2.75) is 0 Å². The van der Waals surface area contributed by atoms with Gasteiger partial charge in [0.05, 0.1) is 16.4 Å². The molecule has 0 unspecified atom stereocenters. The van der Waals surface area contributed by atoms with E-state index in [4.69, 9.17) is 16.0 Å². The Kier molecular flexibility index (Phi) is 6.15. The lowest BCUT2D eigenvalue weighted by Crippen LogP contribution is -2.09. The van der Waals surface area contributed by atoms with Crippen LogP contribution in [0.5, 0.6) is 0 Å². The summed E-state index contributed by atoms with van der Waals surface area (Å²) in [4.78, 5) is 6.75. The summed E-state index contributed by atoms with van der Waals surface area (Å²) >= 11 is 6.97. The van der Waals surface area contributed by atoms with Gasteiger partial charge in [-0.3, -0.25) is 4.98 Å². The molecule has 218 valence electrons. The minimum absolute atomic E-state index is 0.641. The molecule has 0 saturated heterocycles. The fourth-order valence-corrected chi connectivity index (χ4v) is 6.98. The summed E-state index contributed by atoms with van der Waals surface area (Å²) in [5.41, 5.74) is 9.89. The smallest absolute Gasteiger partial charge is 0.145 e. The predicted molar refractivity (Wildman–Crippen MR) is 191 cm³/mol. The van der Waals surface area contributed by atoms with Crippen LogP contribution in [0.2, 0.25) is 5.02 Å². The van der Waals surface area contributed by atoms with E-state index in [9.17, 15) is 0 Å². The van der Waals surface area contributed by atoms with Gasteiger partial charge in [0.15, 0.2) is 0 Å². The third-order valence-corrected chi connectivity index (χ3v) is 8.89. The first kappa shape index (κ1) is 26.6. The molecule has 3 aromatic heterocycles. The van der Waals surface area contributed by atoms with Crippen LogP contribution in [0.3, 0.4) is 0 Å². The first-order valence-electron chi connectivity index (χ1n) is 15.2. The van der Waals surface area contributed by atoms with Crippen molar-refractivity contribution in [1.29, 1.82) is 0 Å². The molecule has 0 atom stereocenters. The molecule has 5 heteroatoms. The zero-order valence-electron chi connectivity index (χ0n) is 24.6. The SMILES string of the molecule is Clc1cc(-c2cc3c4ccccc4n(-c4ccccc4)c3c3c2oc2ccncc23)cc(N(c2ccccc2)c2ccccc2)c1. The number of hydrogen-bond acceptors (Lipinski definition) is 3. The van der Waals surface area contributed by atoms with Crippen LogP contribution < -0.4 is 4.90 Å². The Hall–Kier alpha value is -5.84. The fourth-order valence-electron chi connectivity index (χ4n) is 6.75. The van der Waals surface area contributed by atoms with Gasteiger partial charge in [-0.25, -0.2) is 0 Å². The van der Waals surface area contributed by atoms with Crippen molar-refractivity contribution >= 4 is 72.4 Å². The maximum Gasteiger partial charge on any atom is 0.145 e. The fraction of sp³-hybridized carbons (Fsp3) is 0. The van der Waals surface area contributed by atoms with E-state index in [1.165, 1.54) is 5.39 Å². The molecule has 9 rings (SSSR count). The van der Waals surface area contributed by atoms with Crippen LogP contribution >= 0.6 is 11.6 Å². The Morgan fingerprint density at radius 3 is 2.02 bits per heavy atom. The maximum absolute atomic E-state index is 6.97. The largest absolute Gasteiger partial charge is 0.455 e. The number of hydrogen-bond donors (Lipinski definition) is 0. The number of furan rings is 1. The second-order valence-corrected chi connectivity index (χ2v) is 11.8. The van der Waals surface area contributed by atoms with Gasteiger partial charge in [0.25, 0.3) is 0 Å². The van der Waals surface area contributed by atoms with Crippen LogP contribution in [0.15, 0.2) is 162 Å². The molecule has 9 aromatic rings. The molecule has 0 amide bonds. The lowest BCUT2D eigenvalue weighted by molar-refractivity contribution is 0.669. The summed E-state index contributed by atoms with van der Waals surface area (Å²) in [6.07, 6.45) is 3.69. The summed E-state index contributed by atoms with van der Waals surface area (Å²) in [7, 11) is 0. The van der Waals surface area contributed by atoms with E-state index >= 15 is 0 Å². The van der Waals surface area contributed by atoms with E-state index in [1.54, 1.807) is 6.20 Å². The molecule has 0 bridgehead atoms. The summed E-state index contributed by atoms with van der Waals surface area (Å²) in [5, 5.41) is 4.95. The lowest BCUT2D eigenvalue weighted by Gasteiger charge is -2.26. The van der Waals surface area contributed by atoms with Crippen LogP contribution in [-0.2, 0) is 0 Å². The Morgan fingerprint density at radius 1 is 0.609 bits per heavy atom. The van der Waals surface area contributed by atoms with Crippen molar-refractivity contribution < 1.29 is 4.42 Å². The van der Waals surface area contributed by atoms with Crippen LogP contribution in [0.25, 0.3) is 60.6 Å². The minimum Gasteiger partial charge on any atom is -0.455 e. The van der Waals surface area contributed by atoms with E-state index in [0.717, 1.165) is 72.2 Å². The number of benzene rings is 6. The molecule has 0 radical (unpaired) electrons.